The van der Waals surface area contributed by atoms with E-state index in [-0.39, 0.29) is 22.9 Å². The number of halogens is 2. The number of amides is 2. The van der Waals surface area contributed by atoms with Crippen molar-refractivity contribution >= 4 is 69.4 Å². The first-order valence-corrected chi connectivity index (χ1v) is 10.2. The standard InChI is InChI=1S/C22H19Cl2N3O5/c1-3-32-21(29)19-15(18-16(24)8-12(23)9-17(18)27-19)10-14(20(25)28)11-4-6-13(7-5-11)26-22(30)31-2/h4-10,27H,3H2,1-2H3,(H2,25,28)(H,26,30). The Balaban J connectivity index is 2.17. The Morgan fingerprint density at radius 2 is 1.84 bits per heavy atom. The summed E-state index contributed by atoms with van der Waals surface area (Å²) in [5.74, 6) is -1.35. The second kappa shape index (κ2) is 9.76. The lowest BCUT2D eigenvalue weighted by atomic mass is 10.00. The zero-order valence-electron chi connectivity index (χ0n) is 17.1. The lowest BCUT2D eigenvalue weighted by molar-refractivity contribution is -0.112. The van der Waals surface area contributed by atoms with Crippen molar-refractivity contribution < 1.29 is 23.9 Å². The van der Waals surface area contributed by atoms with Gasteiger partial charge in [0.15, 0.2) is 0 Å². The number of nitrogens with one attached hydrogen (secondary N) is 2. The van der Waals surface area contributed by atoms with Crippen LogP contribution in [0, 0.1) is 0 Å². The van der Waals surface area contributed by atoms with Crippen molar-refractivity contribution in [2.75, 3.05) is 19.0 Å². The summed E-state index contributed by atoms with van der Waals surface area (Å²) in [7, 11) is 1.25. The van der Waals surface area contributed by atoms with E-state index in [2.05, 4.69) is 15.0 Å². The lowest BCUT2D eigenvalue weighted by Gasteiger charge is -2.08. The van der Waals surface area contributed by atoms with Crippen LogP contribution in [0.3, 0.4) is 0 Å². The highest BCUT2D eigenvalue weighted by molar-refractivity contribution is 6.39. The number of H-pyrrole nitrogens is 1. The highest BCUT2D eigenvalue weighted by Gasteiger charge is 2.22. The van der Waals surface area contributed by atoms with Crippen LogP contribution in [0.15, 0.2) is 36.4 Å². The Morgan fingerprint density at radius 3 is 2.44 bits per heavy atom. The number of primary amides is 1. The van der Waals surface area contributed by atoms with E-state index >= 15 is 0 Å². The third-order valence-electron chi connectivity index (χ3n) is 4.51. The fourth-order valence-corrected chi connectivity index (χ4v) is 3.72. The molecule has 0 fully saturated rings. The van der Waals surface area contributed by atoms with E-state index < -0.39 is 18.0 Å². The lowest BCUT2D eigenvalue weighted by Crippen LogP contribution is -2.14. The maximum atomic E-state index is 12.6. The molecule has 10 heteroatoms. The predicted molar refractivity (Wildman–Crippen MR) is 124 cm³/mol. The number of nitrogens with two attached hydrogens (primary N) is 1. The van der Waals surface area contributed by atoms with Crippen LogP contribution in [0.4, 0.5) is 10.5 Å². The summed E-state index contributed by atoms with van der Waals surface area (Å²) in [4.78, 5) is 39.2. The molecule has 3 rings (SSSR count). The van der Waals surface area contributed by atoms with Crippen LogP contribution in [0.2, 0.25) is 10.0 Å². The molecule has 1 aromatic heterocycles. The molecule has 8 nitrogen and oxygen atoms in total. The third-order valence-corrected chi connectivity index (χ3v) is 5.03. The first kappa shape index (κ1) is 23.2. The predicted octanol–water partition coefficient (Wildman–Crippen LogP) is 4.86. The number of anilines is 1. The number of carbonyl (C=O) groups is 3. The fourth-order valence-electron chi connectivity index (χ4n) is 3.12. The van der Waals surface area contributed by atoms with Gasteiger partial charge in [0.2, 0.25) is 5.91 Å². The number of ether oxygens (including phenoxy) is 2. The minimum atomic E-state index is -0.729. The van der Waals surface area contributed by atoms with E-state index in [0.717, 1.165) is 0 Å². The monoisotopic (exact) mass is 475 g/mol. The van der Waals surface area contributed by atoms with E-state index in [1.54, 1.807) is 37.3 Å². The van der Waals surface area contributed by atoms with Gasteiger partial charge in [-0.05, 0) is 42.8 Å². The van der Waals surface area contributed by atoms with Gasteiger partial charge in [0.1, 0.15) is 5.69 Å². The third kappa shape index (κ3) is 4.87. The average molecular weight is 476 g/mol. The molecule has 4 N–H and O–H groups in total. The molecule has 0 saturated carbocycles. The van der Waals surface area contributed by atoms with Crippen LogP contribution in [0.5, 0.6) is 0 Å². The number of benzene rings is 2. The van der Waals surface area contributed by atoms with Gasteiger partial charge in [-0.25, -0.2) is 9.59 Å². The largest absolute Gasteiger partial charge is 0.461 e. The highest BCUT2D eigenvalue weighted by Crippen LogP contribution is 2.35. The van der Waals surface area contributed by atoms with Crippen molar-refractivity contribution in [1.29, 1.82) is 0 Å². The normalized spacial score (nSPS) is 11.3. The van der Waals surface area contributed by atoms with Gasteiger partial charge in [0.25, 0.3) is 0 Å². The minimum absolute atomic E-state index is 0.105. The molecule has 0 radical (unpaired) electrons. The second-order valence-corrected chi connectivity index (χ2v) is 7.40. The molecule has 0 aliphatic rings. The Labute approximate surface area is 193 Å². The van der Waals surface area contributed by atoms with Gasteiger partial charge in [0, 0.05) is 32.7 Å². The maximum absolute atomic E-state index is 12.6. The smallest absolute Gasteiger partial charge is 0.411 e. The van der Waals surface area contributed by atoms with Crippen LogP contribution in [-0.2, 0) is 14.3 Å². The van der Waals surface area contributed by atoms with Gasteiger partial charge < -0.3 is 20.2 Å². The number of aromatic nitrogens is 1. The van der Waals surface area contributed by atoms with E-state index in [1.165, 1.54) is 19.3 Å². The van der Waals surface area contributed by atoms with E-state index in [1.807, 2.05) is 0 Å². The average Bonchev–Trinajstić information content (AvgIpc) is 3.11. The number of carbonyl (C=O) groups excluding carboxylic acids is 3. The van der Waals surface area contributed by atoms with Crippen LogP contribution >= 0.6 is 23.2 Å². The summed E-state index contributed by atoms with van der Waals surface area (Å²) in [6.45, 7) is 1.84. The van der Waals surface area contributed by atoms with Crippen molar-refractivity contribution in [1.82, 2.24) is 4.98 Å². The molecular formula is C22H19Cl2N3O5. The van der Waals surface area contributed by atoms with Gasteiger partial charge in [-0.3, -0.25) is 10.1 Å². The van der Waals surface area contributed by atoms with E-state index in [9.17, 15) is 14.4 Å². The Morgan fingerprint density at radius 1 is 1.16 bits per heavy atom. The molecule has 0 atom stereocenters. The summed E-state index contributed by atoms with van der Waals surface area (Å²) in [5, 5.41) is 3.66. The summed E-state index contributed by atoms with van der Waals surface area (Å²) in [5.41, 5.74) is 7.62. The second-order valence-electron chi connectivity index (χ2n) is 6.56. The molecule has 1 heterocycles. The molecule has 32 heavy (non-hydrogen) atoms. The number of rotatable bonds is 6. The molecule has 0 saturated heterocycles. The van der Waals surface area contributed by atoms with E-state index in [4.69, 9.17) is 33.7 Å². The van der Waals surface area contributed by atoms with Crippen LogP contribution in [0.1, 0.15) is 28.5 Å². The molecule has 0 bridgehead atoms. The molecule has 0 aliphatic carbocycles. The van der Waals surface area contributed by atoms with Crippen LogP contribution in [-0.4, -0.2) is 36.7 Å². The molecule has 0 aliphatic heterocycles. The topological polar surface area (TPSA) is 124 Å². The Kier molecular flexibility index (Phi) is 7.07. The first-order chi connectivity index (χ1) is 15.2. The maximum Gasteiger partial charge on any atom is 0.411 e. The van der Waals surface area contributed by atoms with Gasteiger partial charge in [0.05, 0.1) is 18.7 Å². The van der Waals surface area contributed by atoms with Gasteiger partial charge in [-0.1, -0.05) is 35.3 Å². The van der Waals surface area contributed by atoms with Crippen molar-refractivity contribution in [3.05, 3.63) is 63.3 Å². The summed E-state index contributed by atoms with van der Waals surface area (Å²) >= 11 is 12.5. The molecule has 0 spiro atoms. The Hall–Kier alpha value is -3.49. The van der Waals surface area contributed by atoms with Crippen molar-refractivity contribution in [3.63, 3.8) is 0 Å². The minimum Gasteiger partial charge on any atom is -0.461 e. The molecule has 2 amide bonds. The SMILES string of the molecule is CCOC(=O)c1[nH]c2cc(Cl)cc(Cl)c2c1C=C(C(N)=O)c1ccc(NC(=O)OC)cc1. The number of fused-ring (bicyclic) bond motifs is 1. The quantitative estimate of drug-likeness (QED) is 0.347. The van der Waals surface area contributed by atoms with Crippen LogP contribution < -0.4 is 11.1 Å². The number of hydrogen-bond donors (Lipinski definition) is 3. The fraction of sp³-hybridized carbons (Fsp3) is 0.136. The molecule has 0 unspecified atom stereocenters. The molecular weight excluding hydrogens is 457 g/mol. The van der Waals surface area contributed by atoms with Crippen molar-refractivity contribution in [2.24, 2.45) is 5.73 Å². The van der Waals surface area contributed by atoms with Gasteiger partial charge in [-0.15, -0.1) is 0 Å². The Bertz CT molecular complexity index is 1230. The zero-order chi connectivity index (χ0) is 23.4. The van der Waals surface area contributed by atoms with E-state index in [0.29, 0.717) is 32.7 Å². The number of esters is 1. The van der Waals surface area contributed by atoms with Gasteiger partial charge in [-0.2, -0.15) is 0 Å². The van der Waals surface area contributed by atoms with Gasteiger partial charge >= 0.3 is 12.1 Å². The van der Waals surface area contributed by atoms with Crippen LogP contribution in [0.25, 0.3) is 22.6 Å². The number of hydrogen-bond acceptors (Lipinski definition) is 5. The van der Waals surface area contributed by atoms with Crippen molar-refractivity contribution in [3.8, 4) is 0 Å². The first-order valence-electron chi connectivity index (χ1n) is 9.39. The number of methoxy groups -OCH3 is 1. The molecule has 166 valence electrons. The summed E-state index contributed by atoms with van der Waals surface area (Å²) in [6, 6.07) is 9.50. The molecule has 2 aromatic carbocycles. The summed E-state index contributed by atoms with van der Waals surface area (Å²) in [6.07, 6.45) is 0.838. The zero-order valence-corrected chi connectivity index (χ0v) is 18.6. The van der Waals surface area contributed by atoms with Crippen molar-refractivity contribution in [2.45, 2.75) is 6.92 Å². The number of aromatic amines is 1. The summed E-state index contributed by atoms with van der Waals surface area (Å²) < 4.78 is 9.69. The molecule has 3 aromatic rings. The highest BCUT2D eigenvalue weighted by atomic mass is 35.5.